The van der Waals surface area contributed by atoms with Crippen molar-refractivity contribution in [3.8, 4) is 0 Å². The quantitative estimate of drug-likeness (QED) is 0.729. The van der Waals surface area contributed by atoms with Crippen LogP contribution in [0, 0.1) is 6.92 Å². The number of pyridine rings is 1. The average Bonchev–Trinajstić information content (AvgIpc) is 2.80. The van der Waals surface area contributed by atoms with Crippen LogP contribution < -0.4 is 5.32 Å². The van der Waals surface area contributed by atoms with Crippen LogP contribution in [0.25, 0.3) is 0 Å². The molecule has 0 saturated carbocycles. The molecule has 108 valence electrons. The average molecular weight is 279 g/mol. The van der Waals surface area contributed by atoms with E-state index in [4.69, 9.17) is 5.11 Å². The van der Waals surface area contributed by atoms with Crippen LogP contribution in [-0.2, 0) is 11.3 Å². The van der Waals surface area contributed by atoms with E-state index in [1.54, 1.807) is 12.3 Å². The lowest BCUT2D eigenvalue weighted by atomic mass is 10.2. The predicted octanol–water partition coefficient (Wildman–Crippen LogP) is 0.119. The first-order valence-corrected chi connectivity index (χ1v) is 6.35. The normalized spacial score (nSPS) is 21.8. The lowest BCUT2D eigenvalue weighted by Crippen LogP contribution is -2.46. The number of aliphatic hydroxyl groups is 1. The van der Waals surface area contributed by atoms with Gasteiger partial charge in [-0.2, -0.15) is 0 Å². The first-order chi connectivity index (χ1) is 9.49. The zero-order valence-corrected chi connectivity index (χ0v) is 11.1. The second-order valence-electron chi connectivity index (χ2n) is 4.82. The van der Waals surface area contributed by atoms with Gasteiger partial charge in [0.15, 0.2) is 0 Å². The van der Waals surface area contributed by atoms with Gasteiger partial charge in [-0.3, -0.25) is 4.98 Å². The van der Waals surface area contributed by atoms with Crippen LogP contribution in [0.3, 0.4) is 0 Å². The molecule has 7 nitrogen and oxygen atoms in total. The molecule has 0 aliphatic carbocycles. The highest BCUT2D eigenvalue weighted by atomic mass is 16.4. The first-order valence-electron chi connectivity index (χ1n) is 6.35. The topological polar surface area (TPSA) is 103 Å². The molecule has 1 aromatic rings. The molecule has 2 atom stereocenters. The van der Waals surface area contributed by atoms with Crippen LogP contribution >= 0.6 is 0 Å². The molecule has 3 N–H and O–H groups in total. The number of aromatic nitrogens is 1. The SMILES string of the molecule is Cc1cccnc1CNC(=O)N1CC(O)CC1C(=O)O. The summed E-state index contributed by atoms with van der Waals surface area (Å²) in [5, 5.41) is 21.2. The van der Waals surface area contributed by atoms with E-state index in [2.05, 4.69) is 10.3 Å². The Hall–Kier alpha value is -2.15. The summed E-state index contributed by atoms with van der Waals surface area (Å²) in [6.45, 7) is 2.14. The van der Waals surface area contributed by atoms with E-state index < -0.39 is 24.1 Å². The van der Waals surface area contributed by atoms with Gasteiger partial charge in [-0.15, -0.1) is 0 Å². The highest BCUT2D eigenvalue weighted by Crippen LogP contribution is 2.18. The number of nitrogens with zero attached hydrogens (tertiary/aromatic N) is 2. The molecule has 2 unspecified atom stereocenters. The smallest absolute Gasteiger partial charge is 0.326 e. The Balaban J connectivity index is 1.98. The van der Waals surface area contributed by atoms with Crippen molar-refractivity contribution in [2.24, 2.45) is 0 Å². The second kappa shape index (κ2) is 5.87. The van der Waals surface area contributed by atoms with Gasteiger partial charge in [0.2, 0.25) is 0 Å². The van der Waals surface area contributed by atoms with E-state index >= 15 is 0 Å². The van der Waals surface area contributed by atoms with Gasteiger partial charge >= 0.3 is 12.0 Å². The fourth-order valence-corrected chi connectivity index (χ4v) is 2.24. The highest BCUT2D eigenvalue weighted by molar-refractivity contribution is 5.83. The maximum Gasteiger partial charge on any atom is 0.326 e. The van der Waals surface area contributed by atoms with Crippen LogP contribution in [0.1, 0.15) is 17.7 Å². The van der Waals surface area contributed by atoms with E-state index in [0.717, 1.165) is 16.2 Å². The second-order valence-corrected chi connectivity index (χ2v) is 4.82. The number of carbonyl (C=O) groups excluding carboxylic acids is 1. The Bertz CT molecular complexity index is 520. The van der Waals surface area contributed by atoms with Crippen molar-refractivity contribution in [1.29, 1.82) is 0 Å². The summed E-state index contributed by atoms with van der Waals surface area (Å²) in [5.74, 6) is -1.11. The number of hydrogen-bond acceptors (Lipinski definition) is 4. The number of likely N-dealkylation sites (tertiary alicyclic amines) is 1. The Kier molecular flexibility index (Phi) is 4.19. The van der Waals surface area contributed by atoms with Crippen molar-refractivity contribution in [1.82, 2.24) is 15.2 Å². The van der Waals surface area contributed by atoms with E-state index in [1.165, 1.54) is 0 Å². The standard InChI is InChI=1S/C13H17N3O4/c1-8-3-2-4-14-10(8)6-15-13(20)16-7-9(17)5-11(16)12(18)19/h2-4,9,11,17H,5-7H2,1H3,(H,15,20)(H,18,19). The van der Waals surface area contributed by atoms with Gasteiger partial charge in [-0.1, -0.05) is 6.07 Å². The van der Waals surface area contributed by atoms with Crippen LogP contribution in [-0.4, -0.2) is 50.8 Å². The third-order valence-electron chi connectivity index (χ3n) is 3.35. The Morgan fingerprint density at radius 3 is 2.95 bits per heavy atom. The molecule has 2 heterocycles. The van der Waals surface area contributed by atoms with E-state index in [1.807, 2.05) is 13.0 Å². The molecule has 1 aromatic heterocycles. The van der Waals surface area contributed by atoms with Gasteiger partial charge in [-0.05, 0) is 18.6 Å². The molecule has 1 fully saturated rings. The molecule has 0 bridgehead atoms. The molecule has 1 aliphatic heterocycles. The summed E-state index contributed by atoms with van der Waals surface area (Å²) in [6, 6.07) is 2.21. The molecule has 7 heteroatoms. The molecule has 2 amide bonds. The summed E-state index contributed by atoms with van der Waals surface area (Å²) in [4.78, 5) is 28.3. The summed E-state index contributed by atoms with van der Waals surface area (Å²) < 4.78 is 0. The summed E-state index contributed by atoms with van der Waals surface area (Å²) in [6.07, 6.45) is 0.901. The highest BCUT2D eigenvalue weighted by Gasteiger charge is 2.38. The predicted molar refractivity (Wildman–Crippen MR) is 70.0 cm³/mol. The molecule has 0 spiro atoms. The number of hydrogen-bond donors (Lipinski definition) is 3. The fraction of sp³-hybridized carbons (Fsp3) is 0.462. The van der Waals surface area contributed by atoms with E-state index in [-0.39, 0.29) is 19.5 Å². The lowest BCUT2D eigenvalue weighted by Gasteiger charge is -2.21. The summed E-state index contributed by atoms with van der Waals surface area (Å²) in [7, 11) is 0. The first kappa shape index (κ1) is 14.3. The number of β-amino-alcohol motifs (C(OH)–C–C–N with tert-alkyl or cyclic N) is 1. The van der Waals surface area contributed by atoms with Gasteiger partial charge < -0.3 is 20.4 Å². The van der Waals surface area contributed by atoms with Crippen molar-refractivity contribution in [3.05, 3.63) is 29.6 Å². The van der Waals surface area contributed by atoms with Crippen LogP contribution in [0.2, 0.25) is 0 Å². The Morgan fingerprint density at radius 2 is 2.30 bits per heavy atom. The van der Waals surface area contributed by atoms with Crippen molar-refractivity contribution in [2.75, 3.05) is 6.54 Å². The molecular formula is C13H17N3O4. The lowest BCUT2D eigenvalue weighted by molar-refractivity contribution is -0.141. The monoisotopic (exact) mass is 279 g/mol. The number of carbonyl (C=O) groups is 2. The fourth-order valence-electron chi connectivity index (χ4n) is 2.24. The van der Waals surface area contributed by atoms with Crippen molar-refractivity contribution in [2.45, 2.75) is 32.0 Å². The molecule has 0 aromatic carbocycles. The number of aliphatic hydroxyl groups excluding tert-OH is 1. The minimum atomic E-state index is -1.11. The van der Waals surface area contributed by atoms with E-state index in [9.17, 15) is 14.7 Å². The van der Waals surface area contributed by atoms with Gasteiger partial charge in [0.1, 0.15) is 6.04 Å². The maximum atomic E-state index is 12.0. The van der Waals surface area contributed by atoms with Crippen LogP contribution in [0.4, 0.5) is 4.79 Å². The molecular weight excluding hydrogens is 262 g/mol. The minimum absolute atomic E-state index is 0.0317. The largest absolute Gasteiger partial charge is 0.480 e. The maximum absolute atomic E-state index is 12.0. The van der Waals surface area contributed by atoms with Crippen LogP contribution in [0.15, 0.2) is 18.3 Å². The minimum Gasteiger partial charge on any atom is -0.480 e. The zero-order chi connectivity index (χ0) is 14.7. The number of nitrogens with one attached hydrogen (secondary N) is 1. The number of aliphatic carboxylic acids is 1. The molecule has 2 rings (SSSR count). The molecule has 1 saturated heterocycles. The summed E-state index contributed by atoms with van der Waals surface area (Å²) >= 11 is 0. The third-order valence-corrected chi connectivity index (χ3v) is 3.35. The molecule has 0 radical (unpaired) electrons. The van der Waals surface area contributed by atoms with Crippen molar-refractivity contribution in [3.63, 3.8) is 0 Å². The number of urea groups is 1. The van der Waals surface area contributed by atoms with Gasteiger partial charge in [0.25, 0.3) is 0 Å². The zero-order valence-electron chi connectivity index (χ0n) is 11.1. The number of carboxylic acid groups (broad SMARTS) is 1. The third kappa shape index (κ3) is 3.05. The Labute approximate surface area is 116 Å². The number of rotatable bonds is 3. The number of carboxylic acids is 1. The van der Waals surface area contributed by atoms with Crippen molar-refractivity contribution < 1.29 is 19.8 Å². The van der Waals surface area contributed by atoms with E-state index in [0.29, 0.717) is 0 Å². The van der Waals surface area contributed by atoms with Gasteiger partial charge in [-0.25, -0.2) is 9.59 Å². The Morgan fingerprint density at radius 1 is 1.55 bits per heavy atom. The molecule has 1 aliphatic rings. The number of aryl methyl sites for hydroxylation is 1. The summed E-state index contributed by atoms with van der Waals surface area (Å²) in [5.41, 5.74) is 1.68. The molecule has 20 heavy (non-hydrogen) atoms. The van der Waals surface area contributed by atoms with Gasteiger partial charge in [0, 0.05) is 19.2 Å². The van der Waals surface area contributed by atoms with Gasteiger partial charge in [0.05, 0.1) is 18.3 Å². The van der Waals surface area contributed by atoms with Crippen LogP contribution in [0.5, 0.6) is 0 Å². The van der Waals surface area contributed by atoms with Crippen molar-refractivity contribution >= 4 is 12.0 Å². The number of amides is 2.